The molecule has 0 bridgehead atoms. The fourth-order valence-electron chi connectivity index (χ4n) is 1.26. The van der Waals surface area contributed by atoms with Gasteiger partial charge in [-0.2, -0.15) is 5.26 Å². The Labute approximate surface area is 127 Å². The molecular weight excluding hydrogens is 374 g/mol. The molecule has 0 spiro atoms. The lowest BCUT2D eigenvalue weighted by Crippen LogP contribution is -2.13. The zero-order valence-corrected chi connectivity index (χ0v) is 13.1. The first-order valence-electron chi connectivity index (χ1n) is 4.76. The smallest absolute Gasteiger partial charge is 0.255 e. The number of halogens is 2. The Morgan fingerprint density at radius 2 is 2.21 bits per heavy atom. The Hall–Kier alpha value is -1.14. The molecule has 1 aromatic carbocycles. The summed E-state index contributed by atoms with van der Waals surface area (Å²) < 4.78 is 27.2. The number of sulfonamides is 1. The van der Waals surface area contributed by atoms with Crippen LogP contribution in [0.15, 0.2) is 33.1 Å². The van der Waals surface area contributed by atoms with Gasteiger partial charge in [0.05, 0.1) is 26.6 Å². The summed E-state index contributed by atoms with van der Waals surface area (Å²) in [5.74, 6) is 0. The van der Waals surface area contributed by atoms with Crippen LogP contribution >= 0.6 is 38.9 Å². The minimum atomic E-state index is -3.82. The second-order valence-electron chi connectivity index (χ2n) is 3.33. The van der Waals surface area contributed by atoms with Crippen LogP contribution in [0.1, 0.15) is 5.56 Å². The van der Waals surface area contributed by atoms with Gasteiger partial charge < -0.3 is 0 Å². The van der Waals surface area contributed by atoms with E-state index in [0.717, 1.165) is 11.3 Å². The number of nitriles is 1. The molecule has 19 heavy (non-hydrogen) atoms. The maximum absolute atomic E-state index is 12.1. The van der Waals surface area contributed by atoms with Gasteiger partial charge in [0.25, 0.3) is 10.0 Å². The molecule has 9 heteroatoms. The highest BCUT2D eigenvalue weighted by Crippen LogP contribution is 2.28. The van der Waals surface area contributed by atoms with Gasteiger partial charge in [0.15, 0.2) is 5.13 Å². The van der Waals surface area contributed by atoms with Gasteiger partial charge in [-0.05, 0) is 34.1 Å². The van der Waals surface area contributed by atoms with Gasteiger partial charge in [-0.15, -0.1) is 0 Å². The van der Waals surface area contributed by atoms with Gasteiger partial charge in [-0.1, -0.05) is 22.9 Å². The summed E-state index contributed by atoms with van der Waals surface area (Å²) in [5.41, 5.74) is 0.293. The Balaban J connectivity index is 2.37. The summed E-state index contributed by atoms with van der Waals surface area (Å²) in [7, 11) is -3.82. The Morgan fingerprint density at radius 3 is 2.74 bits per heavy atom. The molecule has 1 heterocycles. The van der Waals surface area contributed by atoms with E-state index in [2.05, 4.69) is 25.6 Å². The molecule has 0 radical (unpaired) electrons. The lowest BCUT2D eigenvalue weighted by atomic mass is 10.2. The van der Waals surface area contributed by atoms with Crippen molar-refractivity contribution in [2.24, 2.45) is 0 Å². The molecule has 98 valence electrons. The topological polar surface area (TPSA) is 82.8 Å². The molecule has 0 aliphatic carbocycles. The molecule has 5 nitrogen and oxygen atoms in total. The summed E-state index contributed by atoms with van der Waals surface area (Å²) in [6.45, 7) is 0. The monoisotopic (exact) mass is 377 g/mol. The number of hydrogen-bond acceptors (Lipinski definition) is 5. The van der Waals surface area contributed by atoms with Crippen LogP contribution in [0.5, 0.6) is 0 Å². The first-order chi connectivity index (χ1) is 8.92. The number of rotatable bonds is 3. The van der Waals surface area contributed by atoms with Crippen molar-refractivity contribution in [2.75, 3.05) is 4.72 Å². The Morgan fingerprint density at radius 1 is 1.47 bits per heavy atom. The van der Waals surface area contributed by atoms with E-state index >= 15 is 0 Å². The minimum Gasteiger partial charge on any atom is -0.255 e. The predicted octanol–water partition coefficient (Wildman–Crippen LogP) is 3.23. The fraction of sp³-hybridized carbons (Fsp3) is 0. The number of thiazole rings is 1. The standard InChI is InChI=1S/C10H5BrClN3O2S2/c11-9-5-14-10(18-9)15-19(16,17)8-2-1-6(4-13)3-7(8)12/h1-3,5H,(H,14,15). The van der Waals surface area contributed by atoms with Gasteiger partial charge in [-0.3, -0.25) is 4.72 Å². The van der Waals surface area contributed by atoms with E-state index in [1.165, 1.54) is 24.4 Å². The van der Waals surface area contributed by atoms with Crippen LogP contribution in [-0.2, 0) is 10.0 Å². The van der Waals surface area contributed by atoms with Crippen molar-refractivity contribution in [2.45, 2.75) is 4.90 Å². The highest BCUT2D eigenvalue weighted by molar-refractivity contribution is 9.11. The average molecular weight is 379 g/mol. The first kappa shape index (κ1) is 14.3. The number of nitrogens with one attached hydrogen (secondary N) is 1. The molecule has 1 aromatic heterocycles. The Kier molecular flexibility index (Phi) is 4.10. The molecule has 2 rings (SSSR count). The van der Waals surface area contributed by atoms with E-state index in [4.69, 9.17) is 16.9 Å². The van der Waals surface area contributed by atoms with E-state index in [1.54, 1.807) is 0 Å². The predicted molar refractivity (Wildman–Crippen MR) is 76.8 cm³/mol. The maximum Gasteiger partial charge on any atom is 0.265 e. The van der Waals surface area contributed by atoms with Gasteiger partial charge >= 0.3 is 0 Å². The second-order valence-corrected chi connectivity index (χ2v) is 7.80. The molecule has 2 aromatic rings. The van der Waals surface area contributed by atoms with E-state index < -0.39 is 10.0 Å². The zero-order valence-electron chi connectivity index (χ0n) is 9.09. The van der Waals surface area contributed by atoms with Crippen LogP contribution in [0.2, 0.25) is 5.02 Å². The van der Waals surface area contributed by atoms with E-state index in [-0.39, 0.29) is 15.0 Å². The van der Waals surface area contributed by atoms with Crippen LogP contribution < -0.4 is 4.72 Å². The number of hydrogen-bond donors (Lipinski definition) is 1. The van der Waals surface area contributed by atoms with Crippen LogP contribution in [0.3, 0.4) is 0 Å². The molecule has 0 amide bonds. The highest BCUT2D eigenvalue weighted by Gasteiger charge is 2.19. The van der Waals surface area contributed by atoms with E-state index in [9.17, 15) is 8.42 Å². The first-order valence-corrected chi connectivity index (χ1v) is 8.23. The third kappa shape index (κ3) is 3.25. The van der Waals surface area contributed by atoms with E-state index in [1.807, 2.05) is 6.07 Å². The lowest BCUT2D eigenvalue weighted by molar-refractivity contribution is 0.601. The summed E-state index contributed by atoms with van der Waals surface area (Å²) in [6.07, 6.45) is 1.49. The fourth-order valence-corrected chi connectivity index (χ4v) is 4.15. The zero-order chi connectivity index (χ0) is 14.0. The number of anilines is 1. The van der Waals surface area contributed by atoms with Crippen molar-refractivity contribution < 1.29 is 8.42 Å². The summed E-state index contributed by atoms with van der Waals surface area (Å²) in [6, 6.07) is 5.85. The average Bonchev–Trinajstić information content (AvgIpc) is 2.73. The van der Waals surface area contributed by atoms with Crippen LogP contribution in [0.25, 0.3) is 0 Å². The molecular formula is C10H5BrClN3O2S2. The van der Waals surface area contributed by atoms with Crippen molar-refractivity contribution in [1.29, 1.82) is 5.26 Å². The third-order valence-electron chi connectivity index (χ3n) is 2.05. The number of nitrogens with zero attached hydrogens (tertiary/aromatic N) is 2. The van der Waals surface area contributed by atoms with Crippen molar-refractivity contribution in [3.05, 3.63) is 38.8 Å². The lowest BCUT2D eigenvalue weighted by Gasteiger charge is -2.06. The SMILES string of the molecule is N#Cc1ccc(S(=O)(=O)Nc2ncc(Br)s2)c(Cl)c1. The van der Waals surface area contributed by atoms with Crippen LogP contribution in [0, 0.1) is 11.3 Å². The van der Waals surface area contributed by atoms with Gasteiger partial charge in [0, 0.05) is 0 Å². The summed E-state index contributed by atoms with van der Waals surface area (Å²) in [4.78, 5) is 3.78. The van der Waals surface area contributed by atoms with Gasteiger partial charge in [0.2, 0.25) is 0 Å². The van der Waals surface area contributed by atoms with Gasteiger partial charge in [-0.25, -0.2) is 13.4 Å². The second kappa shape index (κ2) is 5.46. The largest absolute Gasteiger partial charge is 0.265 e. The Bertz CT molecular complexity index is 767. The number of benzene rings is 1. The number of aromatic nitrogens is 1. The molecule has 0 saturated carbocycles. The molecule has 0 aliphatic heterocycles. The molecule has 1 N–H and O–H groups in total. The molecule has 0 fully saturated rings. The third-order valence-corrected chi connectivity index (χ3v) is 5.39. The molecule has 0 saturated heterocycles. The summed E-state index contributed by atoms with van der Waals surface area (Å²) >= 11 is 10.2. The maximum atomic E-state index is 12.1. The van der Waals surface area contributed by atoms with Crippen LogP contribution in [0.4, 0.5) is 5.13 Å². The van der Waals surface area contributed by atoms with Gasteiger partial charge in [0.1, 0.15) is 4.90 Å². The minimum absolute atomic E-state index is 0.0119. The summed E-state index contributed by atoms with van der Waals surface area (Å²) in [5, 5.41) is 8.92. The molecule has 0 unspecified atom stereocenters. The highest BCUT2D eigenvalue weighted by atomic mass is 79.9. The van der Waals surface area contributed by atoms with Crippen molar-refractivity contribution in [3.63, 3.8) is 0 Å². The molecule has 0 aliphatic rings. The van der Waals surface area contributed by atoms with Crippen molar-refractivity contribution in [1.82, 2.24) is 4.98 Å². The quantitative estimate of drug-likeness (QED) is 0.889. The van der Waals surface area contributed by atoms with E-state index in [0.29, 0.717) is 9.35 Å². The van der Waals surface area contributed by atoms with Crippen molar-refractivity contribution >= 4 is 54.0 Å². The normalized spacial score (nSPS) is 11.0. The van der Waals surface area contributed by atoms with Crippen LogP contribution in [-0.4, -0.2) is 13.4 Å². The molecule has 0 atom stereocenters. The van der Waals surface area contributed by atoms with Crippen molar-refractivity contribution in [3.8, 4) is 6.07 Å².